The standard InChI is InChI=1S/C20H20N2O7/c1-13-15(3-2-4-16(13)22(25)26)20(24)29-12-19(23)21-8-7-14-5-6-17-18(11-14)28-10-9-27-17/h2-6,11H,7-10,12H2,1H3,(H,21,23). The summed E-state index contributed by atoms with van der Waals surface area (Å²) < 4.78 is 16.0. The SMILES string of the molecule is Cc1c(C(=O)OCC(=O)NCCc2ccc3c(c2)OCCO3)cccc1[N+](=O)[O-]. The van der Waals surface area contributed by atoms with Crippen molar-refractivity contribution in [3.63, 3.8) is 0 Å². The van der Waals surface area contributed by atoms with Crippen LogP contribution in [0, 0.1) is 17.0 Å². The topological polar surface area (TPSA) is 117 Å². The van der Waals surface area contributed by atoms with Gasteiger partial charge < -0.3 is 19.5 Å². The van der Waals surface area contributed by atoms with Crippen molar-refractivity contribution >= 4 is 17.6 Å². The lowest BCUT2D eigenvalue weighted by Crippen LogP contribution is -2.30. The van der Waals surface area contributed by atoms with E-state index < -0.39 is 23.4 Å². The number of hydrogen-bond donors (Lipinski definition) is 1. The predicted octanol–water partition coefficient (Wildman–Crippen LogP) is 2.19. The molecule has 0 bridgehead atoms. The quantitative estimate of drug-likeness (QED) is 0.430. The van der Waals surface area contributed by atoms with Crippen molar-refractivity contribution in [3.05, 3.63) is 63.2 Å². The van der Waals surface area contributed by atoms with Crippen molar-refractivity contribution in [2.24, 2.45) is 0 Å². The van der Waals surface area contributed by atoms with Crippen molar-refractivity contribution < 1.29 is 28.7 Å². The molecule has 9 nitrogen and oxygen atoms in total. The average molecular weight is 400 g/mol. The molecule has 29 heavy (non-hydrogen) atoms. The fourth-order valence-corrected chi connectivity index (χ4v) is 2.89. The maximum atomic E-state index is 12.1. The molecular weight excluding hydrogens is 380 g/mol. The molecule has 0 spiro atoms. The van der Waals surface area contributed by atoms with Gasteiger partial charge in [-0.3, -0.25) is 14.9 Å². The highest BCUT2D eigenvalue weighted by Gasteiger charge is 2.19. The lowest BCUT2D eigenvalue weighted by molar-refractivity contribution is -0.385. The minimum absolute atomic E-state index is 0.0586. The van der Waals surface area contributed by atoms with Gasteiger partial charge in [-0.15, -0.1) is 0 Å². The lowest BCUT2D eigenvalue weighted by atomic mass is 10.1. The summed E-state index contributed by atoms with van der Waals surface area (Å²) in [6.45, 7) is 2.37. The number of rotatable bonds is 7. The highest BCUT2D eigenvalue weighted by Crippen LogP contribution is 2.30. The minimum Gasteiger partial charge on any atom is -0.486 e. The summed E-state index contributed by atoms with van der Waals surface area (Å²) in [5, 5.41) is 13.6. The maximum absolute atomic E-state index is 12.1. The predicted molar refractivity (Wildman–Crippen MR) is 102 cm³/mol. The summed E-state index contributed by atoms with van der Waals surface area (Å²) in [6, 6.07) is 9.71. The summed E-state index contributed by atoms with van der Waals surface area (Å²) in [6.07, 6.45) is 0.570. The molecule has 2 aromatic carbocycles. The van der Waals surface area contributed by atoms with E-state index in [0.717, 1.165) is 5.56 Å². The molecule has 0 aromatic heterocycles. The number of ether oxygens (including phenoxy) is 3. The molecule has 0 saturated carbocycles. The number of amides is 1. The van der Waals surface area contributed by atoms with E-state index >= 15 is 0 Å². The number of nitrogens with one attached hydrogen (secondary N) is 1. The Morgan fingerprint density at radius 1 is 1.17 bits per heavy atom. The van der Waals surface area contributed by atoms with Crippen molar-refractivity contribution in [2.45, 2.75) is 13.3 Å². The molecule has 152 valence electrons. The Balaban J connectivity index is 1.46. The van der Waals surface area contributed by atoms with Crippen LogP contribution >= 0.6 is 0 Å². The van der Waals surface area contributed by atoms with Crippen LogP contribution in [0.5, 0.6) is 11.5 Å². The normalized spacial score (nSPS) is 12.2. The van der Waals surface area contributed by atoms with E-state index in [-0.39, 0.29) is 16.8 Å². The van der Waals surface area contributed by atoms with E-state index in [1.54, 1.807) is 0 Å². The zero-order valence-electron chi connectivity index (χ0n) is 15.8. The van der Waals surface area contributed by atoms with Gasteiger partial charge in [0, 0.05) is 18.2 Å². The number of nitro groups is 1. The first kappa shape index (κ1) is 20.1. The number of benzene rings is 2. The second kappa shape index (κ2) is 9.05. The summed E-state index contributed by atoms with van der Waals surface area (Å²) >= 11 is 0. The summed E-state index contributed by atoms with van der Waals surface area (Å²) in [4.78, 5) is 34.4. The van der Waals surface area contributed by atoms with Crippen molar-refractivity contribution in [1.29, 1.82) is 0 Å². The molecule has 3 rings (SSSR count). The van der Waals surface area contributed by atoms with E-state index in [0.29, 0.717) is 37.7 Å². The number of esters is 1. The van der Waals surface area contributed by atoms with Gasteiger partial charge in [0.2, 0.25) is 0 Å². The van der Waals surface area contributed by atoms with E-state index in [1.165, 1.54) is 25.1 Å². The van der Waals surface area contributed by atoms with Gasteiger partial charge in [0.1, 0.15) is 13.2 Å². The molecule has 2 aromatic rings. The molecule has 1 amide bonds. The van der Waals surface area contributed by atoms with Crippen LogP contribution in [-0.2, 0) is 16.0 Å². The maximum Gasteiger partial charge on any atom is 0.339 e. The number of fused-ring (bicyclic) bond motifs is 1. The molecule has 1 aliphatic heterocycles. The van der Waals surface area contributed by atoms with Crippen LogP contribution in [-0.4, -0.2) is 43.2 Å². The molecule has 1 N–H and O–H groups in total. The minimum atomic E-state index is -0.784. The number of carbonyl (C=O) groups is 2. The molecule has 0 aliphatic carbocycles. The second-order valence-corrected chi connectivity index (χ2v) is 6.36. The summed E-state index contributed by atoms with van der Waals surface area (Å²) in [7, 11) is 0. The number of carbonyl (C=O) groups excluding carboxylic acids is 2. The second-order valence-electron chi connectivity index (χ2n) is 6.36. The fraction of sp³-hybridized carbons (Fsp3) is 0.300. The van der Waals surface area contributed by atoms with Crippen LogP contribution in [0.15, 0.2) is 36.4 Å². The van der Waals surface area contributed by atoms with Gasteiger partial charge in [-0.1, -0.05) is 12.1 Å². The zero-order chi connectivity index (χ0) is 20.8. The number of nitro benzene ring substituents is 1. The largest absolute Gasteiger partial charge is 0.486 e. The molecule has 0 saturated heterocycles. The molecule has 1 aliphatic rings. The van der Waals surface area contributed by atoms with Crippen LogP contribution in [0.1, 0.15) is 21.5 Å². The van der Waals surface area contributed by atoms with E-state index in [9.17, 15) is 19.7 Å². The molecule has 0 radical (unpaired) electrons. The van der Waals surface area contributed by atoms with Gasteiger partial charge in [0.15, 0.2) is 18.1 Å². The van der Waals surface area contributed by atoms with E-state index in [4.69, 9.17) is 14.2 Å². The first-order valence-electron chi connectivity index (χ1n) is 9.02. The Morgan fingerprint density at radius 3 is 2.69 bits per heavy atom. The molecular formula is C20H20N2O7. The third-order valence-corrected chi connectivity index (χ3v) is 4.40. The molecule has 0 fully saturated rings. The fourth-order valence-electron chi connectivity index (χ4n) is 2.89. The Bertz CT molecular complexity index is 942. The van der Waals surface area contributed by atoms with Gasteiger partial charge in [0.05, 0.1) is 10.5 Å². The third kappa shape index (κ3) is 5.01. The average Bonchev–Trinajstić information content (AvgIpc) is 2.72. The lowest BCUT2D eigenvalue weighted by Gasteiger charge is -2.18. The Morgan fingerprint density at radius 2 is 1.93 bits per heavy atom. The Labute approximate surface area is 166 Å². The van der Waals surface area contributed by atoms with E-state index in [2.05, 4.69) is 5.32 Å². The highest BCUT2D eigenvalue weighted by molar-refractivity contribution is 5.93. The smallest absolute Gasteiger partial charge is 0.339 e. The highest BCUT2D eigenvalue weighted by atomic mass is 16.6. The Kier molecular flexibility index (Phi) is 6.28. The van der Waals surface area contributed by atoms with Gasteiger partial charge in [-0.2, -0.15) is 0 Å². The molecule has 0 atom stereocenters. The van der Waals surface area contributed by atoms with Gasteiger partial charge >= 0.3 is 5.97 Å². The van der Waals surface area contributed by atoms with Crippen LogP contribution in [0.25, 0.3) is 0 Å². The van der Waals surface area contributed by atoms with Crippen LogP contribution in [0.3, 0.4) is 0 Å². The van der Waals surface area contributed by atoms with Crippen molar-refractivity contribution in [1.82, 2.24) is 5.32 Å². The van der Waals surface area contributed by atoms with Gasteiger partial charge in [-0.05, 0) is 37.1 Å². The van der Waals surface area contributed by atoms with E-state index in [1.807, 2.05) is 18.2 Å². The first-order chi connectivity index (χ1) is 14.0. The van der Waals surface area contributed by atoms with Crippen LogP contribution in [0.2, 0.25) is 0 Å². The molecule has 1 heterocycles. The van der Waals surface area contributed by atoms with Gasteiger partial charge in [-0.25, -0.2) is 4.79 Å². The number of nitrogens with zero attached hydrogens (tertiary/aromatic N) is 1. The summed E-state index contributed by atoms with van der Waals surface area (Å²) in [5.41, 5.74) is 1.05. The van der Waals surface area contributed by atoms with Crippen LogP contribution in [0.4, 0.5) is 5.69 Å². The molecule has 9 heteroatoms. The molecule has 0 unspecified atom stereocenters. The number of hydrogen-bond acceptors (Lipinski definition) is 7. The van der Waals surface area contributed by atoms with Crippen molar-refractivity contribution in [2.75, 3.05) is 26.4 Å². The van der Waals surface area contributed by atoms with Gasteiger partial charge in [0.25, 0.3) is 11.6 Å². The Hall–Kier alpha value is -3.62. The third-order valence-electron chi connectivity index (χ3n) is 4.40. The summed E-state index contributed by atoms with van der Waals surface area (Å²) in [5.74, 6) is 0.140. The monoisotopic (exact) mass is 400 g/mol. The van der Waals surface area contributed by atoms with Crippen molar-refractivity contribution in [3.8, 4) is 11.5 Å². The first-order valence-corrected chi connectivity index (χ1v) is 9.02. The van der Waals surface area contributed by atoms with Crippen LogP contribution < -0.4 is 14.8 Å². The zero-order valence-corrected chi connectivity index (χ0v) is 15.8.